The van der Waals surface area contributed by atoms with Crippen molar-refractivity contribution in [2.24, 2.45) is 0 Å². The van der Waals surface area contributed by atoms with Gasteiger partial charge in [-0.05, 0) is 40.8 Å². The van der Waals surface area contributed by atoms with E-state index in [0.29, 0.717) is 11.3 Å². The van der Waals surface area contributed by atoms with Crippen LogP contribution in [-0.2, 0) is 0 Å². The van der Waals surface area contributed by atoms with Crippen molar-refractivity contribution in [1.29, 1.82) is 0 Å². The van der Waals surface area contributed by atoms with Gasteiger partial charge in [-0.25, -0.2) is 4.68 Å². The third-order valence-electron chi connectivity index (χ3n) is 3.07. The third-order valence-corrected chi connectivity index (χ3v) is 3.07. The summed E-state index contributed by atoms with van der Waals surface area (Å²) >= 11 is 0. The van der Waals surface area contributed by atoms with Crippen LogP contribution in [-0.4, -0.2) is 32.7 Å². The van der Waals surface area contributed by atoms with Crippen LogP contribution in [0.3, 0.4) is 0 Å². The molecule has 7 nitrogen and oxygen atoms in total. The maximum absolute atomic E-state index is 12.4. The van der Waals surface area contributed by atoms with Crippen LogP contribution in [0.25, 0.3) is 5.69 Å². The summed E-state index contributed by atoms with van der Waals surface area (Å²) in [6, 6.07) is 12.5. The van der Waals surface area contributed by atoms with Gasteiger partial charge in [0.1, 0.15) is 12.1 Å². The molecule has 0 fully saturated rings. The minimum atomic E-state index is -2.98. The van der Waals surface area contributed by atoms with Crippen LogP contribution in [0.1, 0.15) is 10.4 Å². The van der Waals surface area contributed by atoms with Crippen molar-refractivity contribution < 1.29 is 18.3 Å². The second kappa shape index (κ2) is 6.82. The van der Waals surface area contributed by atoms with E-state index in [0.717, 1.165) is 0 Å². The average Bonchev–Trinajstić information content (AvgIpc) is 3.11. The van der Waals surface area contributed by atoms with Crippen LogP contribution in [0.4, 0.5) is 14.5 Å². The van der Waals surface area contributed by atoms with Gasteiger partial charge in [0.25, 0.3) is 5.91 Å². The summed E-state index contributed by atoms with van der Waals surface area (Å²) in [5.74, 6) is -0.590. The van der Waals surface area contributed by atoms with E-state index in [4.69, 9.17) is 0 Å². The Labute approximate surface area is 134 Å². The first-order valence-corrected chi connectivity index (χ1v) is 6.82. The summed E-state index contributed by atoms with van der Waals surface area (Å²) in [6.45, 7) is -2.98. The Bertz CT molecular complexity index is 839. The van der Waals surface area contributed by atoms with Crippen LogP contribution in [0.5, 0.6) is 5.75 Å². The molecule has 3 rings (SSSR count). The normalized spacial score (nSPS) is 10.6. The van der Waals surface area contributed by atoms with Gasteiger partial charge in [0.15, 0.2) is 0 Å². The van der Waals surface area contributed by atoms with Crippen molar-refractivity contribution in [3.05, 3.63) is 60.4 Å². The van der Waals surface area contributed by atoms with Gasteiger partial charge in [-0.2, -0.15) is 8.78 Å². The van der Waals surface area contributed by atoms with Crippen molar-refractivity contribution >= 4 is 11.6 Å². The van der Waals surface area contributed by atoms with E-state index in [-0.39, 0.29) is 11.4 Å². The first-order chi connectivity index (χ1) is 11.6. The second-order valence-corrected chi connectivity index (χ2v) is 4.63. The van der Waals surface area contributed by atoms with Gasteiger partial charge < -0.3 is 10.1 Å². The van der Waals surface area contributed by atoms with Crippen molar-refractivity contribution in [2.45, 2.75) is 6.61 Å². The minimum absolute atomic E-state index is 0.113. The van der Waals surface area contributed by atoms with Crippen LogP contribution >= 0.6 is 0 Å². The Kier molecular flexibility index (Phi) is 4.41. The number of amides is 1. The molecular weight excluding hydrogens is 320 g/mol. The lowest BCUT2D eigenvalue weighted by atomic mass is 10.2. The SMILES string of the molecule is O=C(Nc1ccccc1OC(F)F)c1cccc(-n2cnnn2)c1. The number of carbonyl (C=O) groups is 1. The zero-order chi connectivity index (χ0) is 16.9. The fourth-order valence-electron chi connectivity index (χ4n) is 2.03. The highest BCUT2D eigenvalue weighted by atomic mass is 19.3. The predicted molar refractivity (Wildman–Crippen MR) is 80.2 cm³/mol. The molecule has 0 spiro atoms. The number of nitrogens with zero attached hydrogens (tertiary/aromatic N) is 4. The lowest BCUT2D eigenvalue weighted by Crippen LogP contribution is -2.14. The molecule has 3 aromatic rings. The number of benzene rings is 2. The van der Waals surface area contributed by atoms with Crippen molar-refractivity contribution in [1.82, 2.24) is 20.2 Å². The molecule has 1 N–H and O–H groups in total. The van der Waals surface area contributed by atoms with Gasteiger partial charge in [-0.1, -0.05) is 18.2 Å². The topological polar surface area (TPSA) is 81.9 Å². The number of para-hydroxylation sites is 2. The molecule has 0 aliphatic carbocycles. The Morgan fingerprint density at radius 2 is 2.00 bits per heavy atom. The van der Waals surface area contributed by atoms with Crippen LogP contribution in [0.2, 0.25) is 0 Å². The lowest BCUT2D eigenvalue weighted by Gasteiger charge is -2.12. The van der Waals surface area contributed by atoms with Gasteiger partial charge in [0, 0.05) is 5.56 Å². The smallest absolute Gasteiger partial charge is 0.387 e. The highest BCUT2D eigenvalue weighted by Gasteiger charge is 2.13. The molecule has 0 saturated carbocycles. The zero-order valence-corrected chi connectivity index (χ0v) is 12.1. The molecule has 122 valence electrons. The molecule has 0 radical (unpaired) electrons. The Morgan fingerprint density at radius 1 is 1.17 bits per heavy atom. The highest BCUT2D eigenvalue weighted by molar-refractivity contribution is 6.05. The maximum Gasteiger partial charge on any atom is 0.387 e. The van der Waals surface area contributed by atoms with E-state index in [1.54, 1.807) is 30.3 Å². The molecule has 1 heterocycles. The summed E-state index contributed by atoms with van der Waals surface area (Å²) in [6.07, 6.45) is 1.39. The molecule has 1 amide bonds. The molecule has 1 aromatic heterocycles. The van der Waals surface area contributed by atoms with E-state index >= 15 is 0 Å². The van der Waals surface area contributed by atoms with Crippen LogP contribution in [0, 0.1) is 0 Å². The number of hydrogen-bond donors (Lipinski definition) is 1. The number of tetrazole rings is 1. The van der Waals surface area contributed by atoms with Gasteiger partial charge >= 0.3 is 6.61 Å². The van der Waals surface area contributed by atoms with Crippen molar-refractivity contribution in [3.63, 3.8) is 0 Å². The standard InChI is InChI=1S/C15H11F2N5O2/c16-15(17)24-13-7-2-1-6-12(13)19-14(23)10-4-3-5-11(8-10)22-9-18-20-21-22/h1-9,15H,(H,19,23). The number of aromatic nitrogens is 4. The maximum atomic E-state index is 12.4. The first kappa shape index (κ1) is 15.5. The number of rotatable bonds is 5. The number of nitrogens with one attached hydrogen (secondary N) is 1. The van der Waals surface area contributed by atoms with Crippen molar-refractivity contribution in [3.8, 4) is 11.4 Å². The summed E-state index contributed by atoms with van der Waals surface area (Å²) in [5, 5.41) is 13.3. The average molecular weight is 331 g/mol. The quantitative estimate of drug-likeness (QED) is 0.777. The Morgan fingerprint density at radius 3 is 2.75 bits per heavy atom. The van der Waals surface area contributed by atoms with Gasteiger partial charge in [0.2, 0.25) is 0 Å². The summed E-state index contributed by atoms with van der Waals surface area (Å²) < 4.78 is 30.6. The summed E-state index contributed by atoms with van der Waals surface area (Å²) in [5.41, 5.74) is 1.05. The lowest BCUT2D eigenvalue weighted by molar-refractivity contribution is -0.0493. The number of hydrogen-bond acceptors (Lipinski definition) is 5. The van der Waals surface area contributed by atoms with E-state index in [9.17, 15) is 13.6 Å². The zero-order valence-electron chi connectivity index (χ0n) is 12.1. The molecule has 2 aromatic carbocycles. The molecule has 0 aliphatic heterocycles. The van der Waals surface area contributed by atoms with Gasteiger partial charge in [-0.15, -0.1) is 5.10 Å². The van der Waals surface area contributed by atoms with E-state index in [2.05, 4.69) is 25.6 Å². The van der Waals surface area contributed by atoms with Gasteiger partial charge in [0.05, 0.1) is 11.4 Å². The van der Waals surface area contributed by atoms with Crippen molar-refractivity contribution in [2.75, 3.05) is 5.32 Å². The summed E-state index contributed by atoms with van der Waals surface area (Å²) in [4.78, 5) is 12.4. The van der Waals surface area contributed by atoms with E-state index in [1.165, 1.54) is 29.2 Å². The number of carbonyl (C=O) groups excluding carboxylic acids is 1. The van der Waals surface area contributed by atoms with Crippen LogP contribution in [0.15, 0.2) is 54.9 Å². The molecule has 0 atom stereocenters. The van der Waals surface area contributed by atoms with Crippen LogP contribution < -0.4 is 10.1 Å². The van der Waals surface area contributed by atoms with E-state index in [1.807, 2.05) is 0 Å². The minimum Gasteiger partial charge on any atom is -0.433 e. The molecule has 0 aliphatic rings. The first-order valence-electron chi connectivity index (χ1n) is 6.82. The molecule has 0 unspecified atom stereocenters. The number of anilines is 1. The highest BCUT2D eigenvalue weighted by Crippen LogP contribution is 2.26. The fraction of sp³-hybridized carbons (Fsp3) is 0.0667. The fourth-order valence-corrected chi connectivity index (χ4v) is 2.03. The molecule has 0 bridgehead atoms. The molecule has 24 heavy (non-hydrogen) atoms. The summed E-state index contributed by atoms with van der Waals surface area (Å²) in [7, 11) is 0. The predicted octanol–water partition coefficient (Wildman–Crippen LogP) is 2.52. The Balaban J connectivity index is 1.82. The molecule has 9 heteroatoms. The third kappa shape index (κ3) is 3.51. The van der Waals surface area contributed by atoms with E-state index < -0.39 is 12.5 Å². The number of halogens is 2. The molecular formula is C15H11F2N5O2. The Hall–Kier alpha value is -3.36. The largest absolute Gasteiger partial charge is 0.433 e. The number of alkyl halides is 2. The second-order valence-electron chi connectivity index (χ2n) is 4.63. The number of ether oxygens (including phenoxy) is 1. The molecule has 0 saturated heterocycles. The van der Waals surface area contributed by atoms with Gasteiger partial charge in [-0.3, -0.25) is 4.79 Å². The monoisotopic (exact) mass is 331 g/mol.